The molecule has 1 fully saturated rings. The molecule has 0 unspecified atom stereocenters. The van der Waals surface area contributed by atoms with Crippen LogP contribution in [0.3, 0.4) is 0 Å². The number of aromatic amines is 1. The summed E-state index contributed by atoms with van der Waals surface area (Å²) in [6, 6.07) is 15.2. The summed E-state index contributed by atoms with van der Waals surface area (Å²) in [7, 11) is 0. The van der Waals surface area contributed by atoms with Crippen LogP contribution in [0.5, 0.6) is 0 Å². The second kappa shape index (κ2) is 9.21. The van der Waals surface area contributed by atoms with Gasteiger partial charge in [0, 0.05) is 36.2 Å². The minimum absolute atomic E-state index is 0.0454. The third-order valence-corrected chi connectivity index (χ3v) is 5.80. The molecular formula is C22H22BrN5O2. The summed E-state index contributed by atoms with van der Waals surface area (Å²) in [5.74, 6) is -0.127. The lowest BCUT2D eigenvalue weighted by Gasteiger charge is -2.31. The molecule has 0 spiro atoms. The fourth-order valence-corrected chi connectivity index (χ4v) is 3.79. The maximum atomic E-state index is 12.8. The number of H-pyrrole nitrogens is 1. The van der Waals surface area contributed by atoms with E-state index in [1.165, 1.54) is 0 Å². The molecule has 154 valence electrons. The van der Waals surface area contributed by atoms with Crippen LogP contribution >= 0.6 is 15.9 Å². The smallest absolute Gasteiger partial charge is 0.271 e. The normalized spacial score (nSPS) is 14.5. The number of likely N-dealkylation sites (tertiary alicyclic amines) is 1. The highest BCUT2D eigenvalue weighted by Gasteiger charge is 2.28. The lowest BCUT2D eigenvalue weighted by molar-refractivity contribution is -0.126. The number of rotatable bonds is 5. The summed E-state index contributed by atoms with van der Waals surface area (Å²) >= 11 is 3.41. The molecule has 7 nitrogen and oxygen atoms in total. The minimum atomic E-state index is -0.0987. The Morgan fingerprint density at radius 1 is 1.10 bits per heavy atom. The summed E-state index contributed by atoms with van der Waals surface area (Å²) < 4.78 is 1.01. The van der Waals surface area contributed by atoms with Gasteiger partial charge in [0.2, 0.25) is 5.91 Å². The predicted molar refractivity (Wildman–Crippen MR) is 116 cm³/mol. The zero-order valence-electron chi connectivity index (χ0n) is 16.3. The number of piperidine rings is 1. The highest BCUT2D eigenvalue weighted by molar-refractivity contribution is 9.10. The van der Waals surface area contributed by atoms with Crippen LogP contribution in [-0.4, -0.2) is 45.0 Å². The summed E-state index contributed by atoms with van der Waals surface area (Å²) in [5, 5.41) is 10.0. The first-order valence-corrected chi connectivity index (χ1v) is 10.7. The zero-order valence-corrected chi connectivity index (χ0v) is 17.9. The van der Waals surface area contributed by atoms with Crippen LogP contribution in [-0.2, 0) is 11.3 Å². The van der Waals surface area contributed by atoms with E-state index in [1.54, 1.807) is 17.2 Å². The van der Waals surface area contributed by atoms with Crippen molar-refractivity contribution in [1.82, 2.24) is 25.4 Å². The molecule has 1 aliphatic rings. The largest absolute Gasteiger partial charge is 0.352 e. The quantitative estimate of drug-likeness (QED) is 0.601. The van der Waals surface area contributed by atoms with Crippen LogP contribution in [0.4, 0.5) is 0 Å². The van der Waals surface area contributed by atoms with Gasteiger partial charge in [-0.25, -0.2) is 0 Å². The first-order chi connectivity index (χ1) is 14.6. The molecule has 30 heavy (non-hydrogen) atoms. The standard InChI is InChI=1S/C22H22BrN5O2/c23-17-6-4-15(5-7-17)14-25-21(29)16-8-11-28(12-9-16)22(30)20-13-19(26-27-20)18-3-1-2-10-24-18/h1-7,10,13,16H,8-9,11-12,14H2,(H,25,29)(H,26,27). The monoisotopic (exact) mass is 467 g/mol. The van der Waals surface area contributed by atoms with Gasteiger partial charge in [-0.3, -0.25) is 19.7 Å². The van der Waals surface area contributed by atoms with Crippen molar-refractivity contribution in [3.05, 3.63) is 70.5 Å². The molecule has 1 aliphatic heterocycles. The fraction of sp³-hybridized carbons (Fsp3) is 0.273. The lowest BCUT2D eigenvalue weighted by Crippen LogP contribution is -2.43. The topological polar surface area (TPSA) is 91.0 Å². The molecule has 0 saturated carbocycles. The number of pyridine rings is 1. The van der Waals surface area contributed by atoms with E-state index in [2.05, 4.69) is 36.4 Å². The van der Waals surface area contributed by atoms with Crippen LogP contribution < -0.4 is 5.32 Å². The lowest BCUT2D eigenvalue weighted by atomic mass is 9.95. The van der Waals surface area contributed by atoms with Gasteiger partial charge in [0.05, 0.1) is 5.69 Å². The maximum Gasteiger partial charge on any atom is 0.271 e. The van der Waals surface area contributed by atoms with E-state index in [-0.39, 0.29) is 17.7 Å². The Kier molecular flexibility index (Phi) is 6.23. The Morgan fingerprint density at radius 3 is 2.57 bits per heavy atom. The molecule has 1 saturated heterocycles. The van der Waals surface area contributed by atoms with Crippen molar-refractivity contribution in [2.45, 2.75) is 19.4 Å². The number of benzene rings is 1. The molecule has 0 atom stereocenters. The molecule has 2 amide bonds. The summed E-state index contributed by atoms with van der Waals surface area (Å²) in [6.07, 6.45) is 3.00. The molecular weight excluding hydrogens is 446 g/mol. The van der Waals surface area contributed by atoms with Crippen molar-refractivity contribution in [2.75, 3.05) is 13.1 Å². The Bertz CT molecular complexity index is 1010. The first kappa shape index (κ1) is 20.3. The number of aromatic nitrogens is 3. The van der Waals surface area contributed by atoms with Crippen molar-refractivity contribution < 1.29 is 9.59 Å². The van der Waals surface area contributed by atoms with Crippen LogP contribution in [0, 0.1) is 5.92 Å². The zero-order chi connectivity index (χ0) is 20.9. The molecule has 2 N–H and O–H groups in total. The fourth-order valence-electron chi connectivity index (χ4n) is 3.53. The number of carbonyl (C=O) groups excluding carboxylic acids is 2. The highest BCUT2D eigenvalue weighted by Crippen LogP contribution is 2.21. The van der Waals surface area contributed by atoms with Gasteiger partial charge in [0.25, 0.3) is 5.91 Å². The predicted octanol–water partition coefficient (Wildman–Crippen LogP) is 3.40. The van der Waals surface area contributed by atoms with E-state index < -0.39 is 0 Å². The number of amides is 2. The van der Waals surface area contributed by atoms with E-state index in [0.717, 1.165) is 10.0 Å². The van der Waals surface area contributed by atoms with Crippen LogP contribution in [0.1, 0.15) is 28.9 Å². The number of hydrogen-bond acceptors (Lipinski definition) is 4. The van der Waals surface area contributed by atoms with Crippen molar-refractivity contribution in [3.63, 3.8) is 0 Å². The number of nitrogens with zero attached hydrogens (tertiary/aromatic N) is 3. The van der Waals surface area contributed by atoms with Gasteiger partial charge in [-0.2, -0.15) is 5.10 Å². The summed E-state index contributed by atoms with van der Waals surface area (Å²) in [4.78, 5) is 31.3. The van der Waals surface area contributed by atoms with Gasteiger partial charge in [-0.15, -0.1) is 0 Å². The molecule has 2 aromatic heterocycles. The van der Waals surface area contributed by atoms with Crippen LogP contribution in [0.25, 0.3) is 11.4 Å². The SMILES string of the molecule is O=C(NCc1ccc(Br)cc1)C1CCN(C(=O)c2cc(-c3ccccn3)n[nH]2)CC1. The first-order valence-electron chi connectivity index (χ1n) is 9.88. The van der Waals surface area contributed by atoms with Crippen LogP contribution in [0.2, 0.25) is 0 Å². The molecule has 1 aromatic carbocycles. The van der Waals surface area contributed by atoms with E-state index in [9.17, 15) is 9.59 Å². The number of carbonyl (C=O) groups is 2. The average molecular weight is 468 g/mol. The van der Waals surface area contributed by atoms with Gasteiger partial charge in [0.1, 0.15) is 11.4 Å². The summed E-state index contributed by atoms with van der Waals surface area (Å²) in [5.41, 5.74) is 2.85. The van der Waals surface area contributed by atoms with Gasteiger partial charge in [-0.05, 0) is 48.7 Å². The highest BCUT2D eigenvalue weighted by atomic mass is 79.9. The van der Waals surface area contributed by atoms with Crippen molar-refractivity contribution >= 4 is 27.7 Å². The molecule has 4 rings (SSSR count). The van der Waals surface area contributed by atoms with E-state index in [4.69, 9.17) is 0 Å². The Morgan fingerprint density at radius 2 is 1.87 bits per heavy atom. The third kappa shape index (κ3) is 4.76. The number of nitrogens with one attached hydrogen (secondary N) is 2. The molecule has 0 radical (unpaired) electrons. The Hall–Kier alpha value is -3.00. The van der Waals surface area contributed by atoms with Gasteiger partial charge in [-0.1, -0.05) is 34.1 Å². The van der Waals surface area contributed by atoms with Gasteiger partial charge < -0.3 is 10.2 Å². The molecule has 8 heteroatoms. The van der Waals surface area contributed by atoms with Gasteiger partial charge >= 0.3 is 0 Å². The van der Waals surface area contributed by atoms with Crippen molar-refractivity contribution in [1.29, 1.82) is 0 Å². The Balaban J connectivity index is 1.28. The minimum Gasteiger partial charge on any atom is -0.352 e. The molecule has 3 heterocycles. The number of halogens is 1. The molecule has 0 aliphatic carbocycles. The third-order valence-electron chi connectivity index (χ3n) is 5.27. The molecule has 3 aromatic rings. The van der Waals surface area contributed by atoms with Crippen LogP contribution in [0.15, 0.2) is 59.2 Å². The van der Waals surface area contributed by atoms with E-state index in [0.29, 0.717) is 49.6 Å². The van der Waals surface area contributed by atoms with Crippen molar-refractivity contribution in [2.24, 2.45) is 5.92 Å². The summed E-state index contributed by atoms with van der Waals surface area (Å²) in [6.45, 7) is 1.61. The van der Waals surface area contributed by atoms with E-state index >= 15 is 0 Å². The second-order valence-electron chi connectivity index (χ2n) is 7.29. The average Bonchev–Trinajstić information content (AvgIpc) is 3.29. The van der Waals surface area contributed by atoms with Crippen molar-refractivity contribution in [3.8, 4) is 11.4 Å². The Labute approximate surface area is 183 Å². The molecule has 0 bridgehead atoms. The van der Waals surface area contributed by atoms with E-state index in [1.807, 2.05) is 42.5 Å². The number of hydrogen-bond donors (Lipinski definition) is 2. The second-order valence-corrected chi connectivity index (χ2v) is 8.21. The van der Waals surface area contributed by atoms with Gasteiger partial charge in [0.15, 0.2) is 0 Å². The maximum absolute atomic E-state index is 12.8.